The molecule has 0 aliphatic rings. The van der Waals surface area contributed by atoms with Crippen molar-refractivity contribution in [1.82, 2.24) is 15.8 Å². The molecule has 0 aromatic carbocycles. The molecule has 22 heavy (non-hydrogen) atoms. The van der Waals surface area contributed by atoms with Gasteiger partial charge in [-0.2, -0.15) is 0 Å². The molecule has 1 heterocycles. The lowest BCUT2D eigenvalue weighted by atomic mass is 10.2. The summed E-state index contributed by atoms with van der Waals surface area (Å²) in [7, 11) is 0. The van der Waals surface area contributed by atoms with Gasteiger partial charge in [0.1, 0.15) is 5.76 Å². The molecular formula is C16H29N3O3. The molecule has 0 radical (unpaired) electrons. The number of carbonyl (C=O) groups excluding carboxylic acids is 2. The van der Waals surface area contributed by atoms with Crippen molar-refractivity contribution in [2.24, 2.45) is 0 Å². The van der Waals surface area contributed by atoms with Gasteiger partial charge in [0.2, 0.25) is 11.8 Å². The van der Waals surface area contributed by atoms with Gasteiger partial charge in [-0.05, 0) is 27.7 Å². The number of hydrogen-bond acceptors (Lipinski definition) is 4. The normalized spacial score (nSPS) is 10.5. The standard InChI is InChI=1S/C15H25N3O3.CH4/c1-10(2)16-14(19)7-5-12-9-13(21-18-12)6-8-15(20)17-11(3)4;/h9-11H,5-8H2,1-4H3,(H,16,19)(H,17,20);1H4. The first-order valence-electron chi connectivity index (χ1n) is 7.40. The van der Waals surface area contributed by atoms with Gasteiger partial charge in [-0.3, -0.25) is 9.59 Å². The highest BCUT2D eigenvalue weighted by atomic mass is 16.5. The zero-order valence-electron chi connectivity index (χ0n) is 13.2. The topological polar surface area (TPSA) is 84.2 Å². The van der Waals surface area contributed by atoms with E-state index in [1.807, 2.05) is 33.8 Å². The fourth-order valence-corrected chi connectivity index (χ4v) is 1.86. The number of rotatable bonds is 8. The van der Waals surface area contributed by atoms with Gasteiger partial charge in [0.05, 0.1) is 5.69 Å². The summed E-state index contributed by atoms with van der Waals surface area (Å²) in [6, 6.07) is 2.10. The molecule has 0 aliphatic carbocycles. The van der Waals surface area contributed by atoms with Gasteiger partial charge in [0.25, 0.3) is 0 Å². The van der Waals surface area contributed by atoms with E-state index in [1.54, 1.807) is 0 Å². The molecular weight excluding hydrogens is 282 g/mol. The summed E-state index contributed by atoms with van der Waals surface area (Å²) in [5.41, 5.74) is 0.744. The van der Waals surface area contributed by atoms with E-state index < -0.39 is 0 Å². The predicted molar refractivity (Wildman–Crippen MR) is 86.4 cm³/mol. The molecule has 0 fully saturated rings. The first kappa shape index (κ1) is 20.1. The molecule has 1 aromatic heterocycles. The maximum Gasteiger partial charge on any atom is 0.220 e. The molecule has 2 amide bonds. The number of carbonyl (C=O) groups is 2. The van der Waals surface area contributed by atoms with Crippen LogP contribution in [0.4, 0.5) is 0 Å². The maximum atomic E-state index is 11.5. The van der Waals surface area contributed by atoms with Crippen LogP contribution in [0.3, 0.4) is 0 Å². The van der Waals surface area contributed by atoms with Crippen LogP contribution < -0.4 is 10.6 Å². The van der Waals surface area contributed by atoms with Crippen LogP contribution in [0.1, 0.15) is 59.4 Å². The minimum absolute atomic E-state index is 0. The summed E-state index contributed by atoms with van der Waals surface area (Å²) >= 11 is 0. The lowest BCUT2D eigenvalue weighted by Crippen LogP contribution is -2.30. The van der Waals surface area contributed by atoms with Crippen molar-refractivity contribution >= 4 is 11.8 Å². The number of hydrogen-bond donors (Lipinski definition) is 2. The molecule has 0 atom stereocenters. The van der Waals surface area contributed by atoms with Gasteiger partial charge in [-0.25, -0.2) is 0 Å². The van der Waals surface area contributed by atoms with E-state index in [9.17, 15) is 9.59 Å². The fraction of sp³-hybridized carbons (Fsp3) is 0.688. The highest BCUT2D eigenvalue weighted by Crippen LogP contribution is 2.08. The van der Waals surface area contributed by atoms with Crippen molar-refractivity contribution in [2.75, 3.05) is 0 Å². The van der Waals surface area contributed by atoms with Crippen LogP contribution >= 0.6 is 0 Å². The van der Waals surface area contributed by atoms with E-state index in [0.29, 0.717) is 31.4 Å². The van der Waals surface area contributed by atoms with E-state index in [1.165, 1.54) is 0 Å². The van der Waals surface area contributed by atoms with Crippen LogP contribution in [0.2, 0.25) is 0 Å². The van der Waals surface area contributed by atoms with Crippen LogP contribution in [0.5, 0.6) is 0 Å². The summed E-state index contributed by atoms with van der Waals surface area (Å²) in [5, 5.41) is 9.57. The Labute approximate surface area is 133 Å². The van der Waals surface area contributed by atoms with Crippen molar-refractivity contribution < 1.29 is 14.1 Å². The maximum absolute atomic E-state index is 11.5. The summed E-state index contributed by atoms with van der Waals surface area (Å²) in [6.07, 6.45) is 1.82. The second kappa shape index (κ2) is 9.97. The Morgan fingerprint density at radius 1 is 1.05 bits per heavy atom. The third-order valence-electron chi connectivity index (χ3n) is 2.71. The lowest BCUT2D eigenvalue weighted by molar-refractivity contribution is -0.122. The van der Waals surface area contributed by atoms with Crippen LogP contribution in [0.15, 0.2) is 10.6 Å². The van der Waals surface area contributed by atoms with Gasteiger partial charge < -0.3 is 15.2 Å². The number of nitrogens with zero attached hydrogens (tertiary/aromatic N) is 1. The Bertz CT molecular complexity index is 426. The number of nitrogens with one attached hydrogen (secondary N) is 2. The number of amides is 2. The van der Waals surface area contributed by atoms with Crippen LogP contribution in [-0.4, -0.2) is 29.1 Å². The van der Waals surface area contributed by atoms with E-state index in [0.717, 1.165) is 5.69 Å². The molecule has 6 nitrogen and oxygen atoms in total. The first-order valence-corrected chi connectivity index (χ1v) is 7.40. The molecule has 0 bridgehead atoms. The van der Waals surface area contributed by atoms with Gasteiger partial charge in [0.15, 0.2) is 0 Å². The predicted octanol–water partition coefficient (Wildman–Crippen LogP) is 2.23. The lowest BCUT2D eigenvalue weighted by Gasteiger charge is -2.06. The van der Waals surface area contributed by atoms with Crippen LogP contribution in [0, 0.1) is 0 Å². The second-order valence-corrected chi connectivity index (χ2v) is 5.73. The Kier molecular flexibility index (Phi) is 9.13. The smallest absolute Gasteiger partial charge is 0.220 e. The molecule has 0 unspecified atom stereocenters. The SMILES string of the molecule is C.CC(C)NC(=O)CCc1cc(CCC(=O)NC(C)C)on1. The highest BCUT2D eigenvalue weighted by Gasteiger charge is 2.10. The minimum Gasteiger partial charge on any atom is -0.361 e. The summed E-state index contributed by atoms with van der Waals surface area (Å²) in [6.45, 7) is 7.70. The Hall–Kier alpha value is -1.85. The average molecular weight is 311 g/mol. The Morgan fingerprint density at radius 2 is 1.55 bits per heavy atom. The third-order valence-corrected chi connectivity index (χ3v) is 2.71. The van der Waals surface area contributed by atoms with Crippen molar-refractivity contribution in [3.05, 3.63) is 17.5 Å². The molecule has 1 aromatic rings. The van der Waals surface area contributed by atoms with E-state index in [2.05, 4.69) is 15.8 Å². The summed E-state index contributed by atoms with van der Waals surface area (Å²) in [4.78, 5) is 23.1. The zero-order valence-corrected chi connectivity index (χ0v) is 13.2. The van der Waals surface area contributed by atoms with Gasteiger partial charge in [-0.15, -0.1) is 0 Å². The quantitative estimate of drug-likeness (QED) is 0.771. The van der Waals surface area contributed by atoms with Crippen molar-refractivity contribution in [1.29, 1.82) is 0 Å². The molecule has 6 heteroatoms. The largest absolute Gasteiger partial charge is 0.361 e. The zero-order chi connectivity index (χ0) is 15.8. The summed E-state index contributed by atoms with van der Waals surface area (Å²) in [5.74, 6) is 0.679. The average Bonchev–Trinajstić information content (AvgIpc) is 2.80. The first-order chi connectivity index (χ1) is 9.86. The summed E-state index contributed by atoms with van der Waals surface area (Å²) < 4.78 is 5.17. The van der Waals surface area contributed by atoms with Gasteiger partial charge in [0, 0.05) is 43.8 Å². The molecule has 0 aliphatic heterocycles. The molecule has 0 spiro atoms. The molecule has 126 valence electrons. The van der Waals surface area contributed by atoms with Crippen molar-refractivity contribution in [2.45, 2.75) is 72.9 Å². The van der Waals surface area contributed by atoms with Crippen LogP contribution in [-0.2, 0) is 22.4 Å². The fourth-order valence-electron chi connectivity index (χ4n) is 1.86. The third kappa shape index (κ3) is 8.44. The molecule has 1 rings (SSSR count). The van der Waals surface area contributed by atoms with Crippen molar-refractivity contribution in [3.63, 3.8) is 0 Å². The van der Waals surface area contributed by atoms with Crippen molar-refractivity contribution in [3.8, 4) is 0 Å². The molecule has 2 N–H and O–H groups in total. The van der Waals surface area contributed by atoms with E-state index >= 15 is 0 Å². The van der Waals surface area contributed by atoms with Gasteiger partial charge >= 0.3 is 0 Å². The highest BCUT2D eigenvalue weighted by molar-refractivity contribution is 5.76. The second-order valence-electron chi connectivity index (χ2n) is 5.73. The Morgan fingerprint density at radius 3 is 2.05 bits per heavy atom. The van der Waals surface area contributed by atoms with E-state index in [4.69, 9.17) is 4.52 Å². The van der Waals surface area contributed by atoms with E-state index in [-0.39, 0.29) is 31.3 Å². The van der Waals surface area contributed by atoms with Crippen LogP contribution in [0.25, 0.3) is 0 Å². The minimum atomic E-state index is -0.000684. The molecule has 0 saturated heterocycles. The Balaban J connectivity index is 0.00000441. The number of aromatic nitrogens is 1. The number of aryl methyl sites for hydroxylation is 2. The molecule has 0 saturated carbocycles. The van der Waals surface area contributed by atoms with Gasteiger partial charge in [-0.1, -0.05) is 12.6 Å². The monoisotopic (exact) mass is 311 g/mol.